The Kier molecular flexibility index (Phi) is 1.16. The van der Waals surface area contributed by atoms with Gasteiger partial charge >= 0.3 is 0 Å². The molecule has 10 heavy (non-hydrogen) atoms. The molecular formula is C6H6BrClN2. The Morgan fingerprint density at radius 2 is 2.80 bits per heavy atom. The fraction of sp³-hybridized carbons (Fsp3) is 0.333. The first kappa shape index (κ1) is 3.50. The second-order valence-electron chi connectivity index (χ2n) is 1.46. The quantitative estimate of drug-likeness (QED) is 0.688. The predicted octanol–water partition coefficient (Wildman–Crippen LogP) is 2.45. The molecular weight excluding hydrogens is 215 g/mol. The second kappa shape index (κ2) is 3.30. The van der Waals surface area contributed by atoms with Gasteiger partial charge in [-0.2, -0.15) is 0 Å². The van der Waals surface area contributed by atoms with Crippen LogP contribution >= 0.6 is 27.5 Å². The Hall–Kier alpha value is -0.150. The molecule has 2 nitrogen and oxygen atoms in total. The van der Waals surface area contributed by atoms with Crippen molar-refractivity contribution in [3.63, 3.8) is 0 Å². The van der Waals surface area contributed by atoms with Crippen LogP contribution in [0.1, 0.15) is 19.5 Å². The van der Waals surface area contributed by atoms with E-state index in [0.29, 0.717) is 4.47 Å². The Bertz CT molecular complexity index is 380. The molecule has 0 aliphatic carbocycles. The van der Waals surface area contributed by atoms with E-state index in [9.17, 15) is 0 Å². The van der Waals surface area contributed by atoms with Crippen molar-refractivity contribution in [2.75, 3.05) is 0 Å². The number of aromatic nitrogens is 2. The van der Waals surface area contributed by atoms with Gasteiger partial charge in [-0.05, 0) is 15.9 Å². The highest BCUT2D eigenvalue weighted by atomic mass is 79.9. The standard InChI is InChI=1S/C6H6BrClN2/c1-2-5-9-3-4(7)6(8)10-5/h3H,2H2,1H3/i1D3,2D2. The molecule has 0 fully saturated rings. The van der Waals surface area contributed by atoms with Crippen LogP contribution < -0.4 is 0 Å². The summed E-state index contributed by atoms with van der Waals surface area (Å²) in [6, 6.07) is 0. The summed E-state index contributed by atoms with van der Waals surface area (Å²) in [5.74, 6) is -0.448. The van der Waals surface area contributed by atoms with Crippen molar-refractivity contribution in [1.82, 2.24) is 9.97 Å². The van der Waals surface area contributed by atoms with Crippen molar-refractivity contribution in [3.8, 4) is 0 Å². The minimum Gasteiger partial charge on any atom is -0.240 e. The third-order valence-electron chi connectivity index (χ3n) is 0.813. The summed E-state index contributed by atoms with van der Waals surface area (Å²) in [6.45, 7) is -2.83. The number of aryl methyl sites for hydroxylation is 1. The summed E-state index contributed by atoms with van der Waals surface area (Å²) in [5, 5.41) is -0.0203. The van der Waals surface area contributed by atoms with Gasteiger partial charge in [-0.3, -0.25) is 0 Å². The average molecular weight is 227 g/mol. The molecule has 0 saturated heterocycles. The molecule has 0 aromatic carbocycles. The first-order valence-corrected chi connectivity index (χ1v) is 3.52. The van der Waals surface area contributed by atoms with Gasteiger partial charge in [-0.25, -0.2) is 9.97 Å². The molecule has 1 aromatic heterocycles. The SMILES string of the molecule is [2H]C([2H])([2H])C([2H])([2H])c1ncc(Br)c(Cl)n1. The van der Waals surface area contributed by atoms with Gasteiger partial charge in [0.25, 0.3) is 0 Å². The lowest BCUT2D eigenvalue weighted by Gasteiger charge is -1.95. The summed E-state index contributed by atoms with van der Waals surface area (Å²) in [7, 11) is 0. The highest BCUT2D eigenvalue weighted by Gasteiger charge is 1.98. The Morgan fingerprint density at radius 1 is 2.00 bits per heavy atom. The van der Waals surface area contributed by atoms with E-state index in [1.54, 1.807) is 0 Å². The maximum absolute atomic E-state index is 7.39. The van der Waals surface area contributed by atoms with E-state index in [0.717, 1.165) is 0 Å². The van der Waals surface area contributed by atoms with Crippen molar-refractivity contribution in [3.05, 3.63) is 21.6 Å². The Balaban J connectivity index is 3.22. The Morgan fingerprint density at radius 3 is 3.40 bits per heavy atom. The molecule has 4 heteroatoms. The summed E-state index contributed by atoms with van der Waals surface area (Å²) < 4.78 is 36.2. The average Bonchev–Trinajstić information content (AvgIpc) is 2.07. The third-order valence-corrected chi connectivity index (χ3v) is 1.91. The first-order valence-electron chi connectivity index (χ1n) is 4.85. The van der Waals surface area contributed by atoms with E-state index in [4.69, 9.17) is 18.5 Å². The fourth-order valence-corrected chi connectivity index (χ4v) is 0.726. The zero-order chi connectivity index (χ0) is 11.9. The molecule has 1 rings (SSSR count). The Labute approximate surface area is 79.8 Å². The van der Waals surface area contributed by atoms with Gasteiger partial charge < -0.3 is 0 Å². The van der Waals surface area contributed by atoms with Gasteiger partial charge in [-0.15, -0.1) is 0 Å². The number of hydrogen-bond acceptors (Lipinski definition) is 2. The molecule has 1 heterocycles. The fourth-order valence-electron chi connectivity index (χ4n) is 0.407. The van der Waals surface area contributed by atoms with Crippen LogP contribution in [0, 0.1) is 0 Å². The van der Waals surface area contributed by atoms with Crippen molar-refractivity contribution in [1.29, 1.82) is 0 Å². The normalized spacial score (nSPS) is 20.0. The predicted molar refractivity (Wildman–Crippen MR) is 44.1 cm³/mol. The molecule has 1 aromatic rings. The molecule has 0 unspecified atom stereocenters. The van der Waals surface area contributed by atoms with Crippen LogP contribution in [0.15, 0.2) is 10.7 Å². The summed E-state index contributed by atoms with van der Waals surface area (Å²) in [6.07, 6.45) is -1.40. The monoisotopic (exact) mass is 225 g/mol. The molecule has 0 bridgehead atoms. The largest absolute Gasteiger partial charge is 0.240 e. The lowest BCUT2D eigenvalue weighted by atomic mass is 10.4. The van der Waals surface area contributed by atoms with Crippen LogP contribution in [0.3, 0.4) is 0 Å². The molecule has 0 aliphatic rings. The lowest BCUT2D eigenvalue weighted by Crippen LogP contribution is -1.91. The van der Waals surface area contributed by atoms with Crippen LogP contribution in [-0.2, 0) is 6.37 Å². The molecule has 0 spiro atoms. The molecule has 0 saturated carbocycles. The maximum Gasteiger partial charge on any atom is 0.146 e. The lowest BCUT2D eigenvalue weighted by molar-refractivity contribution is 0.934. The number of rotatable bonds is 1. The molecule has 54 valence electrons. The van der Waals surface area contributed by atoms with Crippen LogP contribution in [0.2, 0.25) is 5.15 Å². The van der Waals surface area contributed by atoms with E-state index in [1.165, 1.54) is 6.20 Å². The van der Waals surface area contributed by atoms with E-state index in [2.05, 4.69) is 25.9 Å². The van der Waals surface area contributed by atoms with Gasteiger partial charge in [0.2, 0.25) is 0 Å². The van der Waals surface area contributed by atoms with Crippen molar-refractivity contribution < 1.29 is 6.85 Å². The van der Waals surface area contributed by atoms with Crippen molar-refractivity contribution in [2.45, 2.75) is 13.2 Å². The zero-order valence-electron chi connectivity index (χ0n) is 9.73. The summed E-state index contributed by atoms with van der Waals surface area (Å²) in [4.78, 5) is 7.18. The second-order valence-corrected chi connectivity index (χ2v) is 2.67. The van der Waals surface area contributed by atoms with Gasteiger partial charge in [0.05, 0.1) is 4.47 Å². The van der Waals surface area contributed by atoms with Crippen molar-refractivity contribution >= 4 is 27.5 Å². The highest BCUT2D eigenvalue weighted by molar-refractivity contribution is 9.10. The van der Waals surface area contributed by atoms with Crippen LogP contribution in [0.25, 0.3) is 0 Å². The minimum atomic E-state index is -2.83. The van der Waals surface area contributed by atoms with Crippen LogP contribution in [0.4, 0.5) is 0 Å². The van der Waals surface area contributed by atoms with E-state index in [-0.39, 0.29) is 5.15 Å². The zero-order valence-corrected chi connectivity index (χ0v) is 7.07. The maximum atomic E-state index is 7.39. The third kappa shape index (κ3) is 1.67. The smallest absolute Gasteiger partial charge is 0.146 e. The van der Waals surface area contributed by atoms with Crippen LogP contribution in [0.5, 0.6) is 0 Å². The first-order chi connectivity index (χ1) is 6.66. The van der Waals surface area contributed by atoms with Gasteiger partial charge in [0.15, 0.2) is 0 Å². The van der Waals surface area contributed by atoms with Crippen LogP contribution in [-0.4, -0.2) is 9.97 Å². The molecule has 0 amide bonds. The number of nitrogens with zero attached hydrogens (tertiary/aromatic N) is 2. The molecule has 0 atom stereocenters. The molecule has 0 N–H and O–H groups in total. The van der Waals surface area contributed by atoms with Gasteiger partial charge in [0.1, 0.15) is 11.0 Å². The number of hydrogen-bond donors (Lipinski definition) is 0. The highest BCUT2D eigenvalue weighted by Crippen LogP contribution is 2.17. The minimum absolute atomic E-state index is 0.0203. The van der Waals surface area contributed by atoms with E-state index < -0.39 is 19.0 Å². The topological polar surface area (TPSA) is 25.8 Å². The number of halogens is 2. The molecule has 0 radical (unpaired) electrons. The molecule has 0 aliphatic heterocycles. The van der Waals surface area contributed by atoms with Crippen molar-refractivity contribution in [2.24, 2.45) is 0 Å². The van der Waals surface area contributed by atoms with E-state index in [1.807, 2.05) is 0 Å². The van der Waals surface area contributed by atoms with Gasteiger partial charge in [0, 0.05) is 19.4 Å². The summed E-state index contributed by atoms with van der Waals surface area (Å²) in [5.41, 5.74) is 0. The van der Waals surface area contributed by atoms with Gasteiger partial charge in [-0.1, -0.05) is 18.5 Å². The summed E-state index contributed by atoms with van der Waals surface area (Å²) >= 11 is 8.65. The van der Waals surface area contributed by atoms with E-state index >= 15 is 0 Å².